The molecule has 2 unspecified atom stereocenters. The van der Waals surface area contributed by atoms with Crippen molar-refractivity contribution >= 4 is 45.1 Å². The Morgan fingerprint density at radius 1 is 1.02 bits per heavy atom. The van der Waals surface area contributed by atoms with E-state index < -0.39 is 27.7 Å². The van der Waals surface area contributed by atoms with Crippen molar-refractivity contribution in [3.05, 3.63) is 41.0 Å². The fourth-order valence-corrected chi connectivity index (χ4v) is 9.13. The third-order valence-electron chi connectivity index (χ3n) is 10.2. The number of benzene rings is 1. The predicted molar refractivity (Wildman–Crippen MR) is 190 cm³/mol. The number of fused-ring (bicyclic) bond motifs is 3. The lowest BCUT2D eigenvalue weighted by Crippen LogP contribution is -2.54. The molecule has 18 heteroatoms. The highest BCUT2D eigenvalue weighted by Gasteiger charge is 2.47. The summed E-state index contributed by atoms with van der Waals surface area (Å²) in [7, 11) is -3.96. The van der Waals surface area contributed by atoms with Crippen LogP contribution in [0.1, 0.15) is 45.6 Å². The number of halogens is 3. The van der Waals surface area contributed by atoms with Crippen molar-refractivity contribution in [2.45, 2.75) is 80.7 Å². The number of hydrogen-bond acceptors (Lipinski definition) is 11. The Morgan fingerprint density at radius 3 is 2.43 bits per heavy atom. The zero-order chi connectivity index (χ0) is 37.7. The zero-order valence-corrected chi connectivity index (χ0v) is 31.5. The third kappa shape index (κ3) is 7.92. The first kappa shape index (κ1) is 37.9. The first-order chi connectivity index (χ1) is 25.1. The molecule has 4 saturated heterocycles. The van der Waals surface area contributed by atoms with Gasteiger partial charge >= 0.3 is 12.0 Å². The lowest BCUT2D eigenvalue weighted by atomic mass is 10.0. The number of nitrogens with zero attached hydrogens (tertiary/aromatic N) is 5. The molecular weight excluding hydrogens is 738 g/mol. The zero-order valence-electron chi connectivity index (χ0n) is 29.9. The minimum Gasteiger partial charge on any atom is -0.489 e. The van der Waals surface area contributed by atoms with Gasteiger partial charge in [0.15, 0.2) is 0 Å². The lowest BCUT2D eigenvalue weighted by molar-refractivity contribution is -0.199. The molecule has 1 aromatic heterocycles. The molecule has 2 amide bonds. The number of carbonyl (C=O) groups excluding carboxylic acids is 2. The van der Waals surface area contributed by atoms with E-state index in [1.807, 2.05) is 20.8 Å². The van der Waals surface area contributed by atoms with Gasteiger partial charge in [0.2, 0.25) is 15.9 Å². The van der Waals surface area contributed by atoms with Crippen LogP contribution in [0.4, 0.5) is 25.1 Å². The minimum absolute atomic E-state index is 0.0266. The number of ether oxygens (including phenoxy) is 4. The van der Waals surface area contributed by atoms with E-state index >= 15 is 8.78 Å². The van der Waals surface area contributed by atoms with Crippen molar-refractivity contribution in [2.24, 2.45) is 0 Å². The normalized spacial score (nSPS) is 24.8. The average Bonchev–Trinajstić information content (AvgIpc) is 3.45. The summed E-state index contributed by atoms with van der Waals surface area (Å²) in [6.45, 7) is 7.43. The number of sulfonamides is 1. The van der Waals surface area contributed by atoms with Crippen molar-refractivity contribution in [1.82, 2.24) is 19.5 Å². The van der Waals surface area contributed by atoms with Gasteiger partial charge in [-0.3, -0.25) is 4.79 Å². The van der Waals surface area contributed by atoms with E-state index in [0.29, 0.717) is 24.5 Å². The first-order valence-corrected chi connectivity index (χ1v) is 19.8. The number of likely N-dealkylation sites (tertiary alicyclic amines) is 1. The standard InChI is InChI=1S/C35H45ClF2N6O8S/c1-34(2,3)52-33(46)42-8-6-23(7-9-42)39-25-19-32(45)44-26-5-4-24(18-28(26)51-20-27(25)44)53(47,48)43-12-10-41(11-13-43)31-17-22(16-30(36)40-31)35(37,38)29-21-49-14-15-50-29/h4-5,16-18,23,25,27,29,39H,6-15,19-21H2,1-3H3/t25?,27?,29-/m0/s1. The van der Waals surface area contributed by atoms with Crippen molar-refractivity contribution < 1.29 is 45.7 Å². The summed E-state index contributed by atoms with van der Waals surface area (Å²) in [6.07, 6.45) is -0.0635. The Labute approximate surface area is 312 Å². The Hall–Kier alpha value is -3.35. The largest absolute Gasteiger partial charge is 0.489 e. The quantitative estimate of drug-likeness (QED) is 0.412. The van der Waals surface area contributed by atoms with E-state index in [9.17, 15) is 18.0 Å². The van der Waals surface area contributed by atoms with Crippen LogP contribution in [0.25, 0.3) is 0 Å². The Bertz CT molecular complexity index is 1810. The summed E-state index contributed by atoms with van der Waals surface area (Å²) in [5.74, 6) is -2.93. The van der Waals surface area contributed by atoms with Gasteiger partial charge in [0.1, 0.15) is 35.0 Å². The van der Waals surface area contributed by atoms with Crippen molar-refractivity contribution in [3.63, 3.8) is 0 Å². The third-order valence-corrected chi connectivity index (χ3v) is 12.3. The number of aromatic nitrogens is 1. The Balaban J connectivity index is 0.969. The molecule has 1 N–H and O–H groups in total. The van der Waals surface area contributed by atoms with E-state index in [-0.39, 0.29) is 111 Å². The van der Waals surface area contributed by atoms with Crippen LogP contribution in [0.2, 0.25) is 5.15 Å². The van der Waals surface area contributed by atoms with Gasteiger partial charge in [-0.25, -0.2) is 18.2 Å². The number of anilines is 2. The van der Waals surface area contributed by atoms with Crippen molar-refractivity contribution in [3.8, 4) is 5.75 Å². The molecule has 4 fully saturated rings. The van der Waals surface area contributed by atoms with Gasteiger partial charge in [0.25, 0.3) is 0 Å². The van der Waals surface area contributed by atoms with Gasteiger partial charge in [-0.15, -0.1) is 0 Å². The van der Waals surface area contributed by atoms with Gasteiger partial charge < -0.3 is 39.0 Å². The number of piperazine rings is 1. The number of pyridine rings is 1. The van der Waals surface area contributed by atoms with Gasteiger partial charge in [0, 0.05) is 69.4 Å². The molecule has 290 valence electrons. The number of nitrogens with one attached hydrogen (secondary N) is 1. The molecule has 2 aromatic rings. The fraction of sp³-hybridized carbons (Fsp3) is 0.629. The topological polar surface area (TPSA) is 143 Å². The summed E-state index contributed by atoms with van der Waals surface area (Å²) >= 11 is 6.17. The smallest absolute Gasteiger partial charge is 0.410 e. The first-order valence-electron chi connectivity index (χ1n) is 17.9. The molecule has 3 atom stereocenters. The maximum atomic E-state index is 15.3. The van der Waals surface area contributed by atoms with Crippen LogP contribution in [0.3, 0.4) is 0 Å². The van der Waals surface area contributed by atoms with Gasteiger partial charge in [-0.05, 0) is 57.9 Å². The van der Waals surface area contributed by atoms with Crippen LogP contribution in [0, 0.1) is 0 Å². The SMILES string of the molecule is CC(C)(C)OC(=O)N1CCC(NC2CC(=O)N3c4ccc(S(=O)(=O)N5CCN(c6cc(C(F)(F)[C@@H]7COCCO7)cc(Cl)n6)CC5)cc4OCC23)CC1. The number of rotatable bonds is 7. The van der Waals surface area contributed by atoms with E-state index in [1.165, 1.54) is 22.5 Å². The number of amides is 2. The average molecular weight is 783 g/mol. The lowest BCUT2D eigenvalue weighted by Gasteiger charge is -2.38. The summed E-state index contributed by atoms with van der Waals surface area (Å²) < 4.78 is 81.6. The second-order valence-corrected chi connectivity index (χ2v) is 17.3. The number of alkyl halides is 2. The van der Waals surface area contributed by atoms with Crippen LogP contribution < -0.4 is 19.9 Å². The van der Waals surface area contributed by atoms with Gasteiger partial charge in [0.05, 0.1) is 36.4 Å². The maximum absolute atomic E-state index is 15.3. The molecule has 0 aliphatic carbocycles. The number of carbonyl (C=O) groups is 2. The number of hydrogen-bond donors (Lipinski definition) is 1. The molecule has 0 radical (unpaired) electrons. The van der Waals surface area contributed by atoms with Crippen LogP contribution >= 0.6 is 11.6 Å². The highest BCUT2D eigenvalue weighted by atomic mass is 35.5. The van der Waals surface area contributed by atoms with Gasteiger partial charge in [-0.1, -0.05) is 11.6 Å². The van der Waals surface area contributed by atoms with Crippen molar-refractivity contribution in [2.75, 3.05) is 75.5 Å². The van der Waals surface area contributed by atoms with Crippen LogP contribution in [-0.2, 0) is 35.0 Å². The Morgan fingerprint density at radius 2 is 1.75 bits per heavy atom. The molecule has 14 nitrogen and oxygen atoms in total. The molecule has 53 heavy (non-hydrogen) atoms. The van der Waals surface area contributed by atoms with E-state index in [4.69, 9.17) is 30.5 Å². The summed E-state index contributed by atoms with van der Waals surface area (Å²) in [6, 6.07) is 6.60. The molecule has 0 bridgehead atoms. The predicted octanol–water partition coefficient (Wildman–Crippen LogP) is 3.61. The molecule has 7 rings (SSSR count). The van der Waals surface area contributed by atoms with E-state index in [1.54, 1.807) is 20.8 Å². The second-order valence-electron chi connectivity index (χ2n) is 15.0. The van der Waals surface area contributed by atoms with Crippen molar-refractivity contribution in [1.29, 1.82) is 0 Å². The van der Waals surface area contributed by atoms with Crippen LogP contribution in [-0.4, -0.2) is 130 Å². The molecule has 5 aliphatic heterocycles. The van der Waals surface area contributed by atoms with E-state index in [2.05, 4.69) is 10.3 Å². The molecular formula is C35H45ClF2N6O8S. The summed E-state index contributed by atoms with van der Waals surface area (Å²) in [5, 5.41) is 3.51. The molecule has 0 saturated carbocycles. The fourth-order valence-electron chi connectivity index (χ4n) is 7.49. The van der Waals surface area contributed by atoms with Gasteiger partial charge in [-0.2, -0.15) is 13.1 Å². The summed E-state index contributed by atoms with van der Waals surface area (Å²) in [5.41, 5.74) is -0.398. The highest BCUT2D eigenvalue weighted by molar-refractivity contribution is 7.89. The maximum Gasteiger partial charge on any atom is 0.410 e. The molecule has 6 heterocycles. The minimum atomic E-state index is -3.96. The van der Waals surface area contributed by atoms with Crippen LogP contribution in [0.15, 0.2) is 35.2 Å². The number of piperidine rings is 1. The monoisotopic (exact) mass is 782 g/mol. The molecule has 0 spiro atoms. The summed E-state index contributed by atoms with van der Waals surface area (Å²) in [4.78, 5) is 35.2. The molecule has 1 aromatic carbocycles. The highest BCUT2D eigenvalue weighted by Crippen LogP contribution is 2.41. The molecule has 5 aliphatic rings. The Kier molecular flexibility index (Phi) is 10.5. The second kappa shape index (κ2) is 14.7. The van der Waals surface area contributed by atoms with Crippen LogP contribution in [0.5, 0.6) is 5.75 Å². The van der Waals surface area contributed by atoms with E-state index in [0.717, 1.165) is 18.9 Å².